The highest BCUT2D eigenvalue weighted by atomic mass is 16.2. The first-order valence-corrected chi connectivity index (χ1v) is 8.75. The molecule has 0 aliphatic carbocycles. The number of nitrogens with zero attached hydrogens (tertiary/aromatic N) is 3. The Balaban J connectivity index is 2.05. The van der Waals surface area contributed by atoms with Crippen LogP contribution in [0, 0.1) is 5.92 Å². The average Bonchev–Trinajstić information content (AvgIpc) is 2.63. The van der Waals surface area contributed by atoms with Gasteiger partial charge in [-0.2, -0.15) is 4.98 Å². The quantitative estimate of drug-likeness (QED) is 0.755. The van der Waals surface area contributed by atoms with Crippen LogP contribution in [0.15, 0.2) is 29.3 Å². The van der Waals surface area contributed by atoms with Gasteiger partial charge < -0.3 is 5.32 Å². The van der Waals surface area contributed by atoms with E-state index in [-0.39, 0.29) is 47.3 Å². The van der Waals surface area contributed by atoms with Gasteiger partial charge in [0.25, 0.3) is 11.5 Å². The third-order valence-corrected chi connectivity index (χ3v) is 4.52. The molecule has 0 fully saturated rings. The van der Waals surface area contributed by atoms with Crippen molar-refractivity contribution in [2.45, 2.75) is 39.8 Å². The first-order valence-electron chi connectivity index (χ1n) is 8.75. The number of nitrogens with one attached hydrogen (secondary N) is 3. The minimum absolute atomic E-state index is 0.0421. The lowest BCUT2D eigenvalue weighted by Crippen LogP contribution is -2.53. The number of hydrogen-bond acceptors (Lipinski definition) is 6. The summed E-state index contributed by atoms with van der Waals surface area (Å²) in [7, 11) is 0. The molecule has 9 nitrogen and oxygen atoms in total. The monoisotopic (exact) mass is 370 g/mol. The van der Waals surface area contributed by atoms with Crippen LogP contribution in [-0.4, -0.2) is 38.8 Å². The van der Waals surface area contributed by atoms with Gasteiger partial charge in [-0.3, -0.25) is 34.6 Å². The second kappa shape index (κ2) is 7.18. The molecule has 0 radical (unpaired) electrons. The van der Waals surface area contributed by atoms with Crippen LogP contribution in [0.4, 0.5) is 17.5 Å². The minimum Gasteiger partial charge on any atom is -0.364 e. The number of aromatic nitrogens is 3. The maximum absolute atomic E-state index is 13.0. The molecule has 3 N–H and O–H groups in total. The maximum atomic E-state index is 13.0. The van der Waals surface area contributed by atoms with Crippen molar-refractivity contribution in [3.05, 3.63) is 40.4 Å². The highest BCUT2D eigenvalue weighted by Gasteiger charge is 2.36. The summed E-state index contributed by atoms with van der Waals surface area (Å²) in [6.45, 7) is 7.22. The molecule has 27 heavy (non-hydrogen) atoms. The molecule has 1 aliphatic heterocycles. The molecule has 0 spiro atoms. The maximum Gasteiger partial charge on any atom is 0.278 e. The summed E-state index contributed by atoms with van der Waals surface area (Å²) in [5, 5.41) is 5.71. The van der Waals surface area contributed by atoms with Gasteiger partial charge in [0.15, 0.2) is 11.5 Å². The molecule has 0 aromatic carbocycles. The summed E-state index contributed by atoms with van der Waals surface area (Å²) >= 11 is 0. The predicted molar refractivity (Wildman–Crippen MR) is 102 cm³/mol. The first-order chi connectivity index (χ1) is 12.8. The summed E-state index contributed by atoms with van der Waals surface area (Å²) in [6.07, 6.45) is 3.03. The number of anilines is 3. The van der Waals surface area contributed by atoms with E-state index in [2.05, 4.69) is 25.6 Å². The molecular weight excluding hydrogens is 348 g/mol. The first kappa shape index (κ1) is 18.6. The summed E-state index contributed by atoms with van der Waals surface area (Å²) in [4.78, 5) is 49.9. The van der Waals surface area contributed by atoms with Crippen molar-refractivity contribution in [2.75, 3.05) is 15.5 Å². The number of aromatic amines is 1. The zero-order chi connectivity index (χ0) is 19.7. The number of H-pyrrole nitrogens is 1. The van der Waals surface area contributed by atoms with E-state index in [0.29, 0.717) is 5.56 Å². The number of carbonyl (C=O) groups is 2. The molecule has 9 heteroatoms. The molecule has 1 aliphatic rings. The van der Waals surface area contributed by atoms with Crippen molar-refractivity contribution in [1.82, 2.24) is 15.0 Å². The highest BCUT2D eigenvalue weighted by molar-refractivity contribution is 6.08. The van der Waals surface area contributed by atoms with Crippen molar-refractivity contribution in [3.63, 3.8) is 0 Å². The van der Waals surface area contributed by atoms with Gasteiger partial charge in [0.05, 0.1) is 11.6 Å². The SMILES string of the molecule is CC(C)C(=O)Nc1nc2c(c(=O)[nH]1)N(C(=O)c1cccnc1)[C@H](C)[C@H](C)N2. The van der Waals surface area contributed by atoms with E-state index in [9.17, 15) is 14.4 Å². The molecule has 0 unspecified atom stereocenters. The van der Waals surface area contributed by atoms with Gasteiger partial charge in [-0.1, -0.05) is 13.8 Å². The molecule has 0 saturated carbocycles. The molecule has 3 heterocycles. The lowest BCUT2D eigenvalue weighted by Gasteiger charge is -2.38. The van der Waals surface area contributed by atoms with E-state index in [1.54, 1.807) is 32.2 Å². The van der Waals surface area contributed by atoms with Crippen molar-refractivity contribution < 1.29 is 9.59 Å². The zero-order valence-corrected chi connectivity index (χ0v) is 15.6. The van der Waals surface area contributed by atoms with Gasteiger partial charge in [-0.15, -0.1) is 0 Å². The fourth-order valence-electron chi connectivity index (χ4n) is 2.79. The Kier molecular flexibility index (Phi) is 4.93. The summed E-state index contributed by atoms with van der Waals surface area (Å²) < 4.78 is 0. The second-order valence-electron chi connectivity index (χ2n) is 6.85. The topological polar surface area (TPSA) is 120 Å². The largest absolute Gasteiger partial charge is 0.364 e. The third-order valence-electron chi connectivity index (χ3n) is 4.52. The molecular formula is C18H22N6O3. The number of carbonyl (C=O) groups excluding carboxylic acids is 2. The molecule has 2 aromatic rings. The lowest BCUT2D eigenvalue weighted by atomic mass is 10.0. The van der Waals surface area contributed by atoms with Crippen molar-refractivity contribution >= 4 is 29.3 Å². The van der Waals surface area contributed by atoms with Crippen LogP contribution < -0.4 is 21.1 Å². The molecule has 2 amide bonds. The molecule has 3 rings (SSSR count). The van der Waals surface area contributed by atoms with Gasteiger partial charge in [0, 0.05) is 24.4 Å². The van der Waals surface area contributed by atoms with E-state index >= 15 is 0 Å². The van der Waals surface area contributed by atoms with Crippen LogP contribution in [0.2, 0.25) is 0 Å². The van der Waals surface area contributed by atoms with Crippen LogP contribution in [0.3, 0.4) is 0 Å². The molecule has 142 valence electrons. The zero-order valence-electron chi connectivity index (χ0n) is 15.6. The van der Waals surface area contributed by atoms with E-state index in [1.807, 2.05) is 13.8 Å². The fraction of sp³-hybridized carbons (Fsp3) is 0.389. The van der Waals surface area contributed by atoms with E-state index in [0.717, 1.165) is 0 Å². The number of fused-ring (bicyclic) bond motifs is 1. The Labute approximate surface area is 156 Å². The normalized spacial score (nSPS) is 18.6. The van der Waals surface area contributed by atoms with E-state index in [1.165, 1.54) is 11.1 Å². The lowest BCUT2D eigenvalue weighted by molar-refractivity contribution is -0.118. The molecule has 0 saturated heterocycles. The van der Waals surface area contributed by atoms with Crippen LogP contribution in [-0.2, 0) is 4.79 Å². The summed E-state index contributed by atoms with van der Waals surface area (Å²) in [5.74, 6) is -0.571. The minimum atomic E-state index is -0.512. The molecule has 2 aromatic heterocycles. The van der Waals surface area contributed by atoms with E-state index in [4.69, 9.17) is 0 Å². The number of amides is 2. The summed E-state index contributed by atoms with van der Waals surface area (Å²) in [6, 6.07) is 2.87. The van der Waals surface area contributed by atoms with Gasteiger partial charge in [0.2, 0.25) is 11.9 Å². The van der Waals surface area contributed by atoms with Gasteiger partial charge in [-0.25, -0.2) is 0 Å². The molecule has 0 bridgehead atoms. The van der Waals surface area contributed by atoms with Gasteiger partial charge in [-0.05, 0) is 26.0 Å². The van der Waals surface area contributed by atoms with E-state index < -0.39 is 5.56 Å². The summed E-state index contributed by atoms with van der Waals surface area (Å²) in [5.41, 5.74) is -0.0134. The average molecular weight is 370 g/mol. The van der Waals surface area contributed by atoms with Crippen LogP contribution >= 0.6 is 0 Å². The van der Waals surface area contributed by atoms with Gasteiger partial charge >= 0.3 is 0 Å². The number of pyridine rings is 1. The Morgan fingerprint density at radius 3 is 2.67 bits per heavy atom. The number of hydrogen-bond donors (Lipinski definition) is 3. The highest BCUT2D eigenvalue weighted by Crippen LogP contribution is 2.31. The fourth-order valence-corrected chi connectivity index (χ4v) is 2.79. The Morgan fingerprint density at radius 2 is 2.04 bits per heavy atom. The van der Waals surface area contributed by atoms with Crippen LogP contribution in [0.5, 0.6) is 0 Å². The molecule has 2 atom stereocenters. The van der Waals surface area contributed by atoms with Crippen molar-refractivity contribution in [2.24, 2.45) is 5.92 Å². The third kappa shape index (κ3) is 3.53. The smallest absolute Gasteiger partial charge is 0.278 e. The van der Waals surface area contributed by atoms with Crippen molar-refractivity contribution in [3.8, 4) is 0 Å². The Morgan fingerprint density at radius 1 is 1.30 bits per heavy atom. The Hall–Kier alpha value is -3.23. The predicted octanol–water partition coefficient (Wildman–Crippen LogP) is 1.61. The van der Waals surface area contributed by atoms with Crippen LogP contribution in [0.25, 0.3) is 0 Å². The van der Waals surface area contributed by atoms with Crippen LogP contribution in [0.1, 0.15) is 38.1 Å². The van der Waals surface area contributed by atoms with Crippen molar-refractivity contribution in [1.29, 1.82) is 0 Å². The standard InChI is InChI=1S/C18H22N6O3/c1-9(2)15(25)22-18-21-14-13(16(26)23-18)24(11(4)10(3)20-14)17(27)12-6-5-7-19-8-12/h5-11H,1-4H3,(H3,20,21,22,23,25,26)/t10-,11+/m0/s1. The Bertz CT molecular complexity index is 924. The second-order valence-corrected chi connectivity index (χ2v) is 6.85. The number of rotatable bonds is 3. The van der Waals surface area contributed by atoms with Gasteiger partial charge in [0.1, 0.15) is 0 Å².